The van der Waals surface area contributed by atoms with E-state index >= 15 is 0 Å². The predicted octanol–water partition coefficient (Wildman–Crippen LogP) is 4.47. The zero-order valence-corrected chi connectivity index (χ0v) is 17.8. The number of nitrogens with one attached hydrogen (secondary N) is 1. The van der Waals surface area contributed by atoms with E-state index in [1.165, 1.54) is 13.2 Å². The van der Waals surface area contributed by atoms with Crippen LogP contribution in [0.5, 0.6) is 5.75 Å². The number of alkyl halides is 3. The van der Waals surface area contributed by atoms with Crippen molar-refractivity contribution < 1.29 is 27.5 Å². The maximum atomic E-state index is 12.6. The van der Waals surface area contributed by atoms with Gasteiger partial charge in [-0.3, -0.25) is 9.59 Å². The Hall–Kier alpha value is -2.65. The number of amides is 2. The molecule has 166 valence electrons. The number of nitrogens with zero attached hydrogens (tertiary/aromatic N) is 2. The van der Waals surface area contributed by atoms with Gasteiger partial charge >= 0.3 is 12.1 Å². The van der Waals surface area contributed by atoms with Gasteiger partial charge in [0.1, 0.15) is 5.75 Å². The fourth-order valence-electron chi connectivity index (χ4n) is 3.23. The summed E-state index contributed by atoms with van der Waals surface area (Å²) in [6.45, 7) is 0.267. The predicted molar refractivity (Wildman–Crippen MR) is 112 cm³/mol. The van der Waals surface area contributed by atoms with Gasteiger partial charge < -0.3 is 19.9 Å². The van der Waals surface area contributed by atoms with Crippen LogP contribution in [-0.2, 0) is 4.79 Å². The molecule has 1 fully saturated rings. The maximum Gasteiger partial charge on any atom is 0.471 e. The molecule has 31 heavy (non-hydrogen) atoms. The van der Waals surface area contributed by atoms with Gasteiger partial charge in [-0.15, -0.1) is 0 Å². The van der Waals surface area contributed by atoms with Crippen molar-refractivity contribution in [2.24, 2.45) is 0 Å². The van der Waals surface area contributed by atoms with Crippen LogP contribution >= 0.6 is 23.2 Å². The second-order valence-electron chi connectivity index (χ2n) is 6.74. The molecule has 2 aromatic rings. The Bertz CT molecular complexity index is 993. The monoisotopic (exact) mass is 475 g/mol. The van der Waals surface area contributed by atoms with Crippen LogP contribution in [0.25, 0.3) is 0 Å². The number of halogens is 5. The number of carbonyl (C=O) groups is 2. The first-order chi connectivity index (χ1) is 14.6. The summed E-state index contributed by atoms with van der Waals surface area (Å²) in [4.78, 5) is 26.5. The molecule has 2 aromatic carbocycles. The fourth-order valence-corrected chi connectivity index (χ4v) is 3.70. The molecule has 0 bridgehead atoms. The lowest BCUT2D eigenvalue weighted by atomic mass is 10.1. The second kappa shape index (κ2) is 9.23. The molecular weight excluding hydrogens is 458 g/mol. The lowest BCUT2D eigenvalue weighted by Gasteiger charge is -2.36. The fraction of sp³-hybridized carbons (Fsp3) is 0.300. The smallest absolute Gasteiger partial charge is 0.471 e. The van der Waals surface area contributed by atoms with Crippen LogP contribution in [0.15, 0.2) is 36.4 Å². The van der Waals surface area contributed by atoms with E-state index in [0.29, 0.717) is 27.2 Å². The molecule has 11 heteroatoms. The van der Waals surface area contributed by atoms with Gasteiger partial charge in [-0.05, 0) is 36.4 Å². The number of anilines is 2. The number of carbonyl (C=O) groups excluding carboxylic acids is 2. The average Bonchev–Trinajstić information content (AvgIpc) is 2.73. The van der Waals surface area contributed by atoms with Crippen LogP contribution in [0.2, 0.25) is 10.0 Å². The Morgan fingerprint density at radius 1 is 1.03 bits per heavy atom. The van der Waals surface area contributed by atoms with E-state index < -0.39 is 18.0 Å². The van der Waals surface area contributed by atoms with Crippen molar-refractivity contribution >= 4 is 46.4 Å². The zero-order chi connectivity index (χ0) is 22.8. The molecule has 1 N–H and O–H groups in total. The average molecular weight is 476 g/mol. The van der Waals surface area contributed by atoms with Crippen molar-refractivity contribution in [1.82, 2.24) is 4.90 Å². The topological polar surface area (TPSA) is 61.9 Å². The molecule has 0 unspecified atom stereocenters. The number of rotatable bonds is 4. The Labute approximate surface area is 186 Å². The molecule has 1 aliphatic heterocycles. The Balaban J connectivity index is 1.68. The highest BCUT2D eigenvalue weighted by molar-refractivity contribution is 6.33. The number of ether oxygens (including phenoxy) is 1. The minimum atomic E-state index is -4.88. The van der Waals surface area contributed by atoms with Crippen molar-refractivity contribution in [1.29, 1.82) is 0 Å². The third-order valence-corrected chi connectivity index (χ3v) is 5.30. The molecule has 0 atom stereocenters. The quantitative estimate of drug-likeness (QED) is 0.708. The molecule has 6 nitrogen and oxygen atoms in total. The summed E-state index contributed by atoms with van der Waals surface area (Å²) in [6.07, 6.45) is -4.88. The van der Waals surface area contributed by atoms with Gasteiger partial charge in [0.15, 0.2) is 0 Å². The van der Waals surface area contributed by atoms with Crippen LogP contribution in [0.4, 0.5) is 24.5 Å². The highest BCUT2D eigenvalue weighted by atomic mass is 35.5. The van der Waals surface area contributed by atoms with Crippen LogP contribution in [0.1, 0.15) is 10.4 Å². The largest absolute Gasteiger partial charge is 0.496 e. The second-order valence-corrected chi connectivity index (χ2v) is 7.59. The van der Waals surface area contributed by atoms with E-state index in [4.69, 9.17) is 27.9 Å². The third-order valence-electron chi connectivity index (χ3n) is 4.76. The molecule has 0 radical (unpaired) electrons. The van der Waals surface area contributed by atoms with E-state index in [-0.39, 0.29) is 31.7 Å². The molecular formula is C20H18Cl2F3N3O3. The molecule has 2 amide bonds. The number of piperazine rings is 1. The van der Waals surface area contributed by atoms with Crippen molar-refractivity contribution in [2.75, 3.05) is 43.5 Å². The highest BCUT2D eigenvalue weighted by Gasteiger charge is 2.43. The number of hydrogen-bond acceptors (Lipinski definition) is 4. The van der Waals surface area contributed by atoms with Crippen LogP contribution in [0, 0.1) is 0 Å². The normalized spacial score (nSPS) is 14.4. The number of benzene rings is 2. The molecule has 1 saturated heterocycles. The highest BCUT2D eigenvalue weighted by Crippen LogP contribution is 2.31. The Morgan fingerprint density at radius 3 is 2.29 bits per heavy atom. The summed E-state index contributed by atoms with van der Waals surface area (Å²) in [5, 5.41) is 3.40. The lowest BCUT2D eigenvalue weighted by Crippen LogP contribution is -2.52. The minimum Gasteiger partial charge on any atom is -0.496 e. The van der Waals surface area contributed by atoms with Gasteiger partial charge in [0.2, 0.25) is 0 Å². The van der Waals surface area contributed by atoms with Crippen LogP contribution < -0.4 is 15.0 Å². The molecule has 0 spiro atoms. The summed E-state index contributed by atoms with van der Waals surface area (Å²) in [5.74, 6) is -1.92. The summed E-state index contributed by atoms with van der Waals surface area (Å²) in [5.41, 5.74) is 1.27. The summed E-state index contributed by atoms with van der Waals surface area (Å²) >= 11 is 12.3. The first-order valence-electron chi connectivity index (χ1n) is 9.15. The SMILES string of the molecule is COc1ccc(Cl)cc1C(=O)Nc1ccc(N2CCN(C(=O)C(F)(F)F)CC2)c(Cl)c1. The van der Waals surface area contributed by atoms with Gasteiger partial charge in [0.05, 0.1) is 23.4 Å². The van der Waals surface area contributed by atoms with Gasteiger partial charge in [-0.2, -0.15) is 13.2 Å². The van der Waals surface area contributed by atoms with E-state index in [1.54, 1.807) is 35.2 Å². The Morgan fingerprint density at radius 2 is 1.71 bits per heavy atom. The van der Waals surface area contributed by atoms with E-state index in [1.807, 2.05) is 0 Å². The summed E-state index contributed by atoms with van der Waals surface area (Å²) < 4.78 is 42.9. The third kappa shape index (κ3) is 5.34. The maximum absolute atomic E-state index is 12.6. The minimum absolute atomic E-state index is 0.0677. The molecule has 0 aromatic heterocycles. The standard InChI is InChI=1S/C20H18Cl2F3N3O3/c1-31-17-5-2-12(21)10-14(17)18(29)26-13-3-4-16(15(22)11-13)27-6-8-28(9-7-27)19(30)20(23,24)25/h2-5,10-11H,6-9H2,1H3,(H,26,29). The first-order valence-corrected chi connectivity index (χ1v) is 9.91. The molecule has 0 aliphatic carbocycles. The summed E-state index contributed by atoms with van der Waals surface area (Å²) in [7, 11) is 1.44. The Kier molecular flexibility index (Phi) is 6.86. The number of hydrogen-bond donors (Lipinski definition) is 1. The van der Waals surface area contributed by atoms with Gasteiger partial charge in [-0.1, -0.05) is 23.2 Å². The molecule has 1 aliphatic rings. The van der Waals surface area contributed by atoms with Crippen molar-refractivity contribution in [3.63, 3.8) is 0 Å². The van der Waals surface area contributed by atoms with Crippen molar-refractivity contribution in [3.8, 4) is 5.75 Å². The van der Waals surface area contributed by atoms with E-state index in [0.717, 1.165) is 4.90 Å². The van der Waals surface area contributed by atoms with Gasteiger partial charge in [0.25, 0.3) is 5.91 Å². The zero-order valence-electron chi connectivity index (χ0n) is 16.3. The van der Waals surface area contributed by atoms with Gasteiger partial charge in [-0.25, -0.2) is 0 Å². The lowest BCUT2D eigenvalue weighted by molar-refractivity contribution is -0.185. The molecule has 1 heterocycles. The van der Waals surface area contributed by atoms with Crippen LogP contribution in [0.3, 0.4) is 0 Å². The van der Waals surface area contributed by atoms with Crippen molar-refractivity contribution in [2.45, 2.75) is 6.18 Å². The molecule has 3 rings (SSSR count). The molecule has 0 saturated carbocycles. The van der Waals surface area contributed by atoms with E-state index in [2.05, 4.69) is 5.32 Å². The summed E-state index contributed by atoms with van der Waals surface area (Å²) in [6, 6.07) is 9.49. The van der Waals surface area contributed by atoms with E-state index in [9.17, 15) is 22.8 Å². The van der Waals surface area contributed by atoms with Crippen LogP contribution in [-0.4, -0.2) is 56.2 Å². The number of methoxy groups -OCH3 is 1. The first kappa shape index (κ1) is 23.0. The van der Waals surface area contributed by atoms with Crippen molar-refractivity contribution in [3.05, 3.63) is 52.0 Å². The van der Waals surface area contributed by atoms with Gasteiger partial charge in [0, 0.05) is 36.9 Å².